The van der Waals surface area contributed by atoms with Gasteiger partial charge in [-0.2, -0.15) is 5.10 Å². The molecule has 5 rings (SSSR count). The van der Waals surface area contributed by atoms with Gasteiger partial charge in [0.15, 0.2) is 0 Å². The maximum Gasteiger partial charge on any atom is 0.120 e. The number of benzene rings is 3. The quantitative estimate of drug-likeness (QED) is 0.504. The molecule has 0 bridgehead atoms. The second kappa shape index (κ2) is 6.76. The topological polar surface area (TPSA) is 27.1 Å². The Bertz CT molecular complexity index is 1080. The minimum Gasteiger partial charge on any atom is -0.489 e. The number of rotatable bonds is 4. The largest absolute Gasteiger partial charge is 0.489 e. The second-order valence-corrected chi connectivity index (χ2v) is 6.86. The third kappa shape index (κ3) is 3.13. The molecule has 3 nitrogen and oxygen atoms in total. The molecule has 0 aliphatic carbocycles. The fourth-order valence-corrected chi connectivity index (χ4v) is 3.63. The van der Waals surface area contributed by atoms with Gasteiger partial charge in [0, 0.05) is 11.3 Å². The van der Waals surface area contributed by atoms with Crippen LogP contribution >= 0.6 is 0 Å². The average Bonchev–Trinajstić information content (AvgIpc) is 3.18. The summed E-state index contributed by atoms with van der Waals surface area (Å²) in [5, 5.41) is 4.88. The van der Waals surface area contributed by atoms with E-state index in [9.17, 15) is 0 Å². The van der Waals surface area contributed by atoms with Gasteiger partial charge in [0.1, 0.15) is 12.4 Å². The lowest BCUT2D eigenvalue weighted by Crippen LogP contribution is -2.12. The lowest BCUT2D eigenvalue weighted by Gasteiger charge is -2.17. The minimum absolute atomic E-state index is 0.567. The first-order chi connectivity index (χ1) is 13.4. The van der Waals surface area contributed by atoms with E-state index < -0.39 is 0 Å². The fraction of sp³-hybridized carbons (Fsp3) is 0.125. The lowest BCUT2D eigenvalue weighted by atomic mass is 10.0. The number of hydrogen-bond donors (Lipinski definition) is 0. The van der Waals surface area contributed by atoms with Crippen molar-refractivity contribution < 1.29 is 4.74 Å². The Morgan fingerprint density at radius 2 is 1.67 bits per heavy atom. The molecule has 0 N–H and O–H groups in total. The SMILES string of the molecule is c1ccc(COc2cccc(-c3cc4n(n3)-c3ccccc3CC4)c2)cc1. The first-order valence-corrected chi connectivity index (χ1v) is 9.31. The zero-order valence-corrected chi connectivity index (χ0v) is 15.0. The van der Waals surface area contributed by atoms with Crippen molar-refractivity contribution in [3.05, 3.63) is 102 Å². The van der Waals surface area contributed by atoms with Crippen molar-refractivity contribution in [2.24, 2.45) is 0 Å². The molecule has 2 heterocycles. The molecule has 0 amide bonds. The van der Waals surface area contributed by atoms with Gasteiger partial charge in [-0.05, 0) is 48.2 Å². The molecule has 1 aliphatic heterocycles. The van der Waals surface area contributed by atoms with E-state index in [0.29, 0.717) is 6.61 Å². The van der Waals surface area contributed by atoms with Gasteiger partial charge in [0.2, 0.25) is 0 Å². The third-order valence-electron chi connectivity index (χ3n) is 5.03. The average molecular weight is 352 g/mol. The molecule has 3 aromatic carbocycles. The molecule has 1 aromatic heterocycles. The predicted octanol–water partition coefficient (Wildman–Crippen LogP) is 5.22. The Kier molecular flexibility index (Phi) is 3.98. The van der Waals surface area contributed by atoms with E-state index in [4.69, 9.17) is 9.84 Å². The van der Waals surface area contributed by atoms with Gasteiger partial charge < -0.3 is 4.74 Å². The molecule has 0 radical (unpaired) electrons. The molecular weight excluding hydrogens is 332 g/mol. The van der Waals surface area contributed by atoms with Gasteiger partial charge >= 0.3 is 0 Å². The van der Waals surface area contributed by atoms with Crippen molar-refractivity contribution in [3.63, 3.8) is 0 Å². The number of aromatic nitrogens is 2. The van der Waals surface area contributed by atoms with Crippen LogP contribution in [0.5, 0.6) is 5.75 Å². The van der Waals surface area contributed by atoms with Crippen molar-refractivity contribution in [2.45, 2.75) is 19.4 Å². The predicted molar refractivity (Wildman–Crippen MR) is 107 cm³/mol. The first kappa shape index (κ1) is 15.9. The number of aryl methyl sites for hydroxylation is 2. The molecule has 0 atom stereocenters. The summed E-state index contributed by atoms with van der Waals surface area (Å²) >= 11 is 0. The monoisotopic (exact) mass is 352 g/mol. The minimum atomic E-state index is 0.567. The number of fused-ring (bicyclic) bond motifs is 3. The molecule has 0 fully saturated rings. The summed E-state index contributed by atoms with van der Waals surface area (Å²) in [6.07, 6.45) is 2.09. The standard InChI is InChI=1S/C24H20N2O/c1-2-7-18(8-3-1)17-27-22-11-6-10-20(15-22)23-16-21-14-13-19-9-4-5-12-24(19)26(21)25-23/h1-12,15-16H,13-14,17H2. The number of para-hydroxylation sites is 1. The van der Waals surface area contributed by atoms with Crippen LogP contribution in [0, 0.1) is 0 Å². The van der Waals surface area contributed by atoms with E-state index in [1.165, 1.54) is 16.9 Å². The molecule has 0 unspecified atom stereocenters. The number of hydrogen-bond acceptors (Lipinski definition) is 2. The molecule has 0 saturated carbocycles. The molecule has 0 saturated heterocycles. The van der Waals surface area contributed by atoms with E-state index in [1.807, 2.05) is 30.3 Å². The van der Waals surface area contributed by atoms with Crippen LogP contribution in [0.2, 0.25) is 0 Å². The van der Waals surface area contributed by atoms with E-state index in [0.717, 1.165) is 35.4 Å². The van der Waals surface area contributed by atoms with Crippen LogP contribution in [0.3, 0.4) is 0 Å². The van der Waals surface area contributed by atoms with Gasteiger partial charge in [-0.25, -0.2) is 4.68 Å². The Morgan fingerprint density at radius 1 is 0.815 bits per heavy atom. The van der Waals surface area contributed by atoms with Crippen molar-refractivity contribution in [1.29, 1.82) is 0 Å². The van der Waals surface area contributed by atoms with Gasteiger partial charge in [-0.15, -0.1) is 0 Å². The van der Waals surface area contributed by atoms with Crippen molar-refractivity contribution in [2.75, 3.05) is 0 Å². The van der Waals surface area contributed by atoms with Gasteiger partial charge in [-0.3, -0.25) is 0 Å². The summed E-state index contributed by atoms with van der Waals surface area (Å²) in [6, 6.07) is 29.1. The van der Waals surface area contributed by atoms with Gasteiger partial charge in [0.25, 0.3) is 0 Å². The van der Waals surface area contributed by atoms with Crippen LogP contribution in [0.1, 0.15) is 16.8 Å². The van der Waals surface area contributed by atoms with Crippen LogP contribution in [0.15, 0.2) is 84.9 Å². The Morgan fingerprint density at radius 3 is 2.59 bits per heavy atom. The second-order valence-electron chi connectivity index (χ2n) is 6.86. The summed E-state index contributed by atoms with van der Waals surface area (Å²) in [7, 11) is 0. The zero-order valence-electron chi connectivity index (χ0n) is 15.0. The highest BCUT2D eigenvalue weighted by atomic mass is 16.5. The lowest BCUT2D eigenvalue weighted by molar-refractivity contribution is 0.306. The molecule has 0 spiro atoms. The molecule has 132 valence electrons. The summed E-state index contributed by atoms with van der Waals surface area (Å²) in [6.45, 7) is 0.567. The summed E-state index contributed by atoms with van der Waals surface area (Å²) in [5.74, 6) is 0.864. The summed E-state index contributed by atoms with van der Waals surface area (Å²) in [4.78, 5) is 0. The third-order valence-corrected chi connectivity index (χ3v) is 5.03. The normalized spacial score (nSPS) is 12.3. The van der Waals surface area contributed by atoms with Crippen LogP contribution in [0.4, 0.5) is 0 Å². The number of ether oxygens (including phenoxy) is 1. The van der Waals surface area contributed by atoms with Crippen molar-refractivity contribution in [1.82, 2.24) is 9.78 Å². The van der Waals surface area contributed by atoms with Crippen LogP contribution < -0.4 is 4.74 Å². The van der Waals surface area contributed by atoms with E-state index >= 15 is 0 Å². The molecule has 27 heavy (non-hydrogen) atoms. The Hall–Kier alpha value is -3.33. The maximum absolute atomic E-state index is 5.98. The van der Waals surface area contributed by atoms with Crippen LogP contribution in [0.25, 0.3) is 16.9 Å². The highest BCUT2D eigenvalue weighted by molar-refractivity contribution is 5.63. The summed E-state index contributed by atoms with van der Waals surface area (Å²) in [5.41, 5.74) is 7.06. The molecular formula is C24H20N2O. The zero-order chi connectivity index (χ0) is 18.1. The summed E-state index contributed by atoms with van der Waals surface area (Å²) < 4.78 is 8.07. The smallest absolute Gasteiger partial charge is 0.120 e. The Labute approximate surface area is 158 Å². The Balaban J connectivity index is 1.42. The first-order valence-electron chi connectivity index (χ1n) is 9.31. The number of nitrogens with zero attached hydrogens (tertiary/aromatic N) is 2. The van der Waals surface area contributed by atoms with Gasteiger partial charge in [-0.1, -0.05) is 60.7 Å². The van der Waals surface area contributed by atoms with Crippen LogP contribution in [-0.2, 0) is 19.4 Å². The van der Waals surface area contributed by atoms with Crippen LogP contribution in [-0.4, -0.2) is 9.78 Å². The molecule has 3 heteroatoms. The highest BCUT2D eigenvalue weighted by Gasteiger charge is 2.18. The van der Waals surface area contributed by atoms with E-state index in [-0.39, 0.29) is 0 Å². The molecule has 1 aliphatic rings. The van der Waals surface area contributed by atoms with E-state index in [1.54, 1.807) is 0 Å². The van der Waals surface area contributed by atoms with Crippen molar-refractivity contribution >= 4 is 0 Å². The van der Waals surface area contributed by atoms with E-state index in [2.05, 4.69) is 59.3 Å². The highest BCUT2D eigenvalue weighted by Crippen LogP contribution is 2.29. The maximum atomic E-state index is 5.98. The molecule has 4 aromatic rings. The fourth-order valence-electron chi connectivity index (χ4n) is 3.63. The van der Waals surface area contributed by atoms with Crippen molar-refractivity contribution in [3.8, 4) is 22.7 Å². The van der Waals surface area contributed by atoms with Gasteiger partial charge in [0.05, 0.1) is 11.4 Å².